The van der Waals surface area contributed by atoms with Crippen molar-refractivity contribution in [2.24, 2.45) is 0 Å². The third-order valence-corrected chi connectivity index (χ3v) is 2.81. The maximum atomic E-state index is 12.9. The van der Waals surface area contributed by atoms with Crippen LogP contribution in [0.3, 0.4) is 0 Å². The molecule has 1 amide bonds. The van der Waals surface area contributed by atoms with Gasteiger partial charge in [0.1, 0.15) is 5.82 Å². The topological polar surface area (TPSA) is 70.7 Å². The molecule has 100 valence electrons. The Balaban J connectivity index is 1.77. The van der Waals surface area contributed by atoms with E-state index in [1.807, 2.05) is 6.92 Å². The predicted octanol–water partition coefficient (Wildman–Crippen LogP) is 1.61. The van der Waals surface area contributed by atoms with E-state index in [-0.39, 0.29) is 11.5 Å². The van der Waals surface area contributed by atoms with E-state index in [0.29, 0.717) is 6.54 Å². The molecule has 2 heterocycles. The molecule has 0 spiro atoms. The highest BCUT2D eigenvalue weighted by Crippen LogP contribution is 2.05. The average molecular weight is 262 g/mol. The van der Waals surface area contributed by atoms with Gasteiger partial charge in [-0.25, -0.2) is 4.39 Å². The Labute approximate surface area is 110 Å². The van der Waals surface area contributed by atoms with Gasteiger partial charge in [0, 0.05) is 18.4 Å². The van der Waals surface area contributed by atoms with Crippen molar-refractivity contribution in [3.8, 4) is 0 Å². The lowest BCUT2D eigenvalue weighted by atomic mass is 10.1. The standard InChI is InChI=1S/C13H15FN4O/c1-9-10(7-17-18-9)3-2-4-16-13(19)11-5-12(14)8-15-6-11/h5-8H,2-4H2,1H3,(H,16,19)(H,17,18). The van der Waals surface area contributed by atoms with Gasteiger partial charge in [0.05, 0.1) is 18.0 Å². The number of hydrogen-bond donors (Lipinski definition) is 2. The number of carbonyl (C=O) groups excluding carboxylic acids is 1. The van der Waals surface area contributed by atoms with Gasteiger partial charge in [-0.3, -0.25) is 14.9 Å². The average Bonchev–Trinajstić information content (AvgIpc) is 2.80. The normalized spacial score (nSPS) is 10.4. The lowest BCUT2D eigenvalue weighted by Gasteiger charge is -2.04. The second-order valence-corrected chi connectivity index (χ2v) is 4.27. The van der Waals surface area contributed by atoms with Crippen molar-refractivity contribution < 1.29 is 9.18 Å². The van der Waals surface area contributed by atoms with Crippen LogP contribution in [0.1, 0.15) is 28.0 Å². The molecule has 0 aliphatic carbocycles. The van der Waals surface area contributed by atoms with Crippen LogP contribution in [-0.4, -0.2) is 27.6 Å². The molecule has 2 N–H and O–H groups in total. The molecule has 0 saturated carbocycles. The zero-order chi connectivity index (χ0) is 13.7. The van der Waals surface area contributed by atoms with Gasteiger partial charge in [0.15, 0.2) is 0 Å². The molecule has 2 rings (SSSR count). The summed E-state index contributed by atoms with van der Waals surface area (Å²) in [4.78, 5) is 15.3. The van der Waals surface area contributed by atoms with Gasteiger partial charge in [-0.15, -0.1) is 0 Å². The summed E-state index contributed by atoms with van der Waals surface area (Å²) < 4.78 is 12.9. The molecule has 0 fully saturated rings. The van der Waals surface area contributed by atoms with Crippen molar-refractivity contribution in [1.29, 1.82) is 0 Å². The van der Waals surface area contributed by atoms with Crippen molar-refractivity contribution in [3.63, 3.8) is 0 Å². The summed E-state index contributed by atoms with van der Waals surface area (Å²) in [6.45, 7) is 2.49. The third-order valence-electron chi connectivity index (χ3n) is 2.81. The number of hydrogen-bond acceptors (Lipinski definition) is 3. The fourth-order valence-corrected chi connectivity index (χ4v) is 1.75. The number of aromatic nitrogens is 3. The second-order valence-electron chi connectivity index (χ2n) is 4.27. The fourth-order valence-electron chi connectivity index (χ4n) is 1.75. The molecule has 0 aliphatic rings. The van der Waals surface area contributed by atoms with E-state index in [4.69, 9.17) is 0 Å². The number of nitrogens with zero attached hydrogens (tertiary/aromatic N) is 2. The van der Waals surface area contributed by atoms with Crippen LogP contribution in [0.2, 0.25) is 0 Å². The van der Waals surface area contributed by atoms with E-state index in [1.54, 1.807) is 6.20 Å². The summed E-state index contributed by atoms with van der Waals surface area (Å²) in [5.41, 5.74) is 2.42. The minimum atomic E-state index is -0.512. The first-order valence-corrected chi connectivity index (χ1v) is 6.04. The van der Waals surface area contributed by atoms with Gasteiger partial charge in [-0.05, 0) is 31.4 Å². The first-order valence-electron chi connectivity index (χ1n) is 6.04. The number of aryl methyl sites for hydroxylation is 2. The van der Waals surface area contributed by atoms with E-state index >= 15 is 0 Å². The van der Waals surface area contributed by atoms with E-state index < -0.39 is 5.82 Å². The summed E-state index contributed by atoms with van der Waals surface area (Å²) in [6.07, 6.45) is 5.84. The minimum absolute atomic E-state index is 0.236. The van der Waals surface area contributed by atoms with E-state index in [1.165, 1.54) is 12.3 Å². The number of halogens is 1. The Hall–Kier alpha value is -2.24. The van der Waals surface area contributed by atoms with E-state index in [9.17, 15) is 9.18 Å². The number of rotatable bonds is 5. The number of amides is 1. The second kappa shape index (κ2) is 6.08. The van der Waals surface area contributed by atoms with E-state index in [2.05, 4.69) is 20.5 Å². The smallest absolute Gasteiger partial charge is 0.252 e. The molecule has 5 nitrogen and oxygen atoms in total. The van der Waals surface area contributed by atoms with Gasteiger partial charge in [-0.1, -0.05) is 0 Å². The maximum absolute atomic E-state index is 12.9. The summed E-state index contributed by atoms with van der Waals surface area (Å²) in [6, 6.07) is 1.17. The Morgan fingerprint density at radius 2 is 2.26 bits per heavy atom. The molecule has 0 aliphatic heterocycles. The summed E-state index contributed by atoms with van der Waals surface area (Å²) in [7, 11) is 0. The van der Waals surface area contributed by atoms with Crippen LogP contribution in [-0.2, 0) is 6.42 Å². The molecule has 0 atom stereocenters. The van der Waals surface area contributed by atoms with Crippen molar-refractivity contribution in [1.82, 2.24) is 20.5 Å². The van der Waals surface area contributed by atoms with Gasteiger partial charge >= 0.3 is 0 Å². The first kappa shape index (κ1) is 13.2. The predicted molar refractivity (Wildman–Crippen MR) is 68.2 cm³/mol. The molecule has 19 heavy (non-hydrogen) atoms. The zero-order valence-electron chi connectivity index (χ0n) is 10.6. The van der Waals surface area contributed by atoms with Gasteiger partial charge in [-0.2, -0.15) is 5.10 Å². The lowest BCUT2D eigenvalue weighted by Crippen LogP contribution is -2.25. The fraction of sp³-hybridized carbons (Fsp3) is 0.308. The molecule has 0 saturated heterocycles. The molecule has 0 radical (unpaired) electrons. The Morgan fingerprint density at radius 3 is 2.95 bits per heavy atom. The minimum Gasteiger partial charge on any atom is -0.352 e. The third kappa shape index (κ3) is 3.61. The SMILES string of the molecule is Cc1[nH]ncc1CCCNC(=O)c1cncc(F)c1. The zero-order valence-corrected chi connectivity index (χ0v) is 10.6. The molecular formula is C13H15FN4O. The summed E-state index contributed by atoms with van der Waals surface area (Å²) in [5.74, 6) is -0.822. The highest BCUT2D eigenvalue weighted by atomic mass is 19.1. The van der Waals surface area contributed by atoms with Crippen molar-refractivity contribution in [2.45, 2.75) is 19.8 Å². The molecule has 0 bridgehead atoms. The van der Waals surface area contributed by atoms with Crippen LogP contribution in [0.4, 0.5) is 4.39 Å². The van der Waals surface area contributed by atoms with Crippen LogP contribution in [0.5, 0.6) is 0 Å². The molecule has 6 heteroatoms. The monoisotopic (exact) mass is 262 g/mol. The Bertz CT molecular complexity index is 567. The maximum Gasteiger partial charge on any atom is 0.252 e. The van der Waals surface area contributed by atoms with Crippen molar-refractivity contribution in [3.05, 3.63) is 47.3 Å². The largest absolute Gasteiger partial charge is 0.352 e. The first-order chi connectivity index (χ1) is 9.16. The highest BCUT2D eigenvalue weighted by Gasteiger charge is 2.06. The highest BCUT2D eigenvalue weighted by molar-refractivity contribution is 5.93. The van der Waals surface area contributed by atoms with Crippen LogP contribution in [0, 0.1) is 12.7 Å². The van der Waals surface area contributed by atoms with Crippen LogP contribution >= 0.6 is 0 Å². The van der Waals surface area contributed by atoms with Gasteiger partial charge in [0.2, 0.25) is 0 Å². The molecule has 2 aromatic heterocycles. The quantitative estimate of drug-likeness (QED) is 0.804. The van der Waals surface area contributed by atoms with Gasteiger partial charge < -0.3 is 5.32 Å². The van der Waals surface area contributed by atoms with Crippen LogP contribution in [0.25, 0.3) is 0 Å². The molecule has 0 unspecified atom stereocenters. The number of pyridine rings is 1. The summed E-state index contributed by atoms with van der Waals surface area (Å²) >= 11 is 0. The lowest BCUT2D eigenvalue weighted by molar-refractivity contribution is 0.0952. The number of carbonyl (C=O) groups is 1. The summed E-state index contributed by atoms with van der Waals surface area (Å²) in [5, 5.41) is 9.53. The molecular weight excluding hydrogens is 247 g/mol. The van der Waals surface area contributed by atoms with Crippen LogP contribution < -0.4 is 5.32 Å². The molecule has 0 aromatic carbocycles. The van der Waals surface area contributed by atoms with Crippen molar-refractivity contribution >= 4 is 5.91 Å². The van der Waals surface area contributed by atoms with Crippen LogP contribution in [0.15, 0.2) is 24.7 Å². The van der Waals surface area contributed by atoms with Crippen molar-refractivity contribution in [2.75, 3.05) is 6.54 Å². The Morgan fingerprint density at radius 1 is 1.42 bits per heavy atom. The van der Waals surface area contributed by atoms with E-state index in [0.717, 1.165) is 30.3 Å². The van der Waals surface area contributed by atoms with Gasteiger partial charge in [0.25, 0.3) is 5.91 Å². The molecule has 2 aromatic rings. The Kier molecular flexibility index (Phi) is 4.22. The number of aromatic amines is 1. The number of nitrogens with one attached hydrogen (secondary N) is 2. The number of H-pyrrole nitrogens is 1.